The van der Waals surface area contributed by atoms with E-state index < -0.39 is 249 Å². The Bertz CT molecular complexity index is 5680. The molecule has 0 aromatic carbocycles. The smallest absolute Gasteiger partial charge is 0.394 e. The Labute approximate surface area is 652 Å². The summed E-state index contributed by atoms with van der Waals surface area (Å²) in [6.45, 7) is -3.10. The van der Waals surface area contributed by atoms with Crippen LogP contribution in [-0.4, -0.2) is 225 Å². The van der Waals surface area contributed by atoms with Crippen LogP contribution in [0.15, 0.2) is 91.0 Å². The quantitative estimate of drug-likeness (QED) is 0.0199. The number of hydrogen-bond acceptors (Lipinski definition) is 41. The van der Waals surface area contributed by atoms with Gasteiger partial charge in [0.2, 0.25) is 0 Å². The highest BCUT2D eigenvalue weighted by molar-refractivity contribution is 7.48. The Balaban J connectivity index is 0.651. The molecule has 0 spiro atoms. The number of aliphatic hydroxyl groups excluding tert-OH is 2. The summed E-state index contributed by atoms with van der Waals surface area (Å²) < 4.78 is 167. The van der Waals surface area contributed by atoms with Gasteiger partial charge in [-0.3, -0.25) is 92.2 Å². The minimum absolute atomic E-state index is 0.00883. The monoisotopic (exact) mass is 1750 g/mol. The molecule has 0 radical (unpaired) electrons. The summed E-state index contributed by atoms with van der Waals surface area (Å²) in [6, 6.07) is 2.37. The number of rotatable bonds is 32. The number of ether oxygens (including phenoxy) is 6. The van der Waals surface area contributed by atoms with Gasteiger partial charge in [0.05, 0.1) is 58.4 Å². The van der Waals surface area contributed by atoms with Crippen molar-refractivity contribution in [1.29, 1.82) is 0 Å². The number of imidazole rings is 2. The molecule has 14 rings (SSSR count). The molecule has 5 unspecified atom stereocenters. The minimum Gasteiger partial charge on any atom is -0.394 e. The normalized spacial score (nSPS) is 30.1. The van der Waals surface area contributed by atoms with Gasteiger partial charge in [0.15, 0.2) is 22.9 Å². The molecule has 0 aliphatic carbocycles. The van der Waals surface area contributed by atoms with E-state index in [1.54, 1.807) is 0 Å². The number of aromatic amines is 2. The highest BCUT2D eigenvalue weighted by Crippen LogP contribution is 2.56. The number of aryl methyl sites for hydroxylation is 2. The molecule has 54 nitrogen and oxygen atoms in total. The van der Waals surface area contributed by atoms with Gasteiger partial charge in [-0.2, -0.15) is 9.97 Å². The van der Waals surface area contributed by atoms with Gasteiger partial charge >= 0.3 is 61.9 Å². The molecule has 6 fully saturated rings. The molecular weight excluding hydrogens is 1680 g/mol. The second-order valence-corrected chi connectivity index (χ2v) is 34.2. The van der Waals surface area contributed by atoms with E-state index in [4.69, 9.17) is 96.6 Å². The lowest BCUT2D eigenvalue weighted by molar-refractivity contribution is -0.0653. The van der Waals surface area contributed by atoms with E-state index in [-0.39, 0.29) is 69.6 Å². The van der Waals surface area contributed by atoms with Crippen LogP contribution in [0.2, 0.25) is 0 Å². The minimum atomic E-state index is -5.62. The van der Waals surface area contributed by atoms with Gasteiger partial charge in [-0.15, -0.1) is 0 Å². The van der Waals surface area contributed by atoms with Crippen LogP contribution >= 0.6 is 39.1 Å². The third-order valence-electron chi connectivity index (χ3n) is 19.3. The largest absolute Gasteiger partial charge is 0.472 e. The molecule has 23 atom stereocenters. The summed E-state index contributed by atoms with van der Waals surface area (Å²) in [7, 11) is -27.3. The van der Waals surface area contributed by atoms with Crippen molar-refractivity contribution in [3.8, 4) is 0 Å². The van der Waals surface area contributed by atoms with E-state index in [0.29, 0.717) is 0 Å². The third kappa shape index (κ3) is 19.4. The number of phosphoric acid groups is 5. The van der Waals surface area contributed by atoms with Crippen LogP contribution in [-0.2, 0) is 96.5 Å². The number of nitrogen functional groups attached to an aromatic ring is 4. The molecule has 6 saturated heterocycles. The first-order chi connectivity index (χ1) is 55.3. The van der Waals surface area contributed by atoms with E-state index in [1.165, 1.54) is 60.3 Å². The topological polar surface area (TPSA) is 745 Å². The summed E-state index contributed by atoms with van der Waals surface area (Å²) in [5.41, 5.74) is 18.8. The zero-order chi connectivity index (χ0) is 83.5. The van der Waals surface area contributed by atoms with Crippen LogP contribution in [0.4, 0.5) is 23.3 Å². The molecule has 636 valence electrons. The van der Waals surface area contributed by atoms with Gasteiger partial charge in [-0.05, 0) is 26.0 Å². The number of nitrogens with one attached hydrogen (secondary N) is 2. The molecule has 6 aliphatic rings. The first kappa shape index (κ1) is 85.1. The van der Waals surface area contributed by atoms with Gasteiger partial charge in [0.1, 0.15) is 140 Å². The maximum atomic E-state index is 14.3. The van der Waals surface area contributed by atoms with Gasteiger partial charge in [0, 0.05) is 74.4 Å². The highest BCUT2D eigenvalue weighted by Gasteiger charge is 2.51. The fourth-order valence-corrected chi connectivity index (χ4v) is 18.4. The summed E-state index contributed by atoms with van der Waals surface area (Å²) in [6.07, 6.45) is -20.0. The van der Waals surface area contributed by atoms with Gasteiger partial charge < -0.3 is 86.0 Å². The molecule has 8 aromatic rings. The number of aliphatic hydroxyl groups is 2. The highest BCUT2D eigenvalue weighted by atomic mass is 31.2. The Morgan fingerprint density at radius 3 is 1.07 bits per heavy atom. The van der Waals surface area contributed by atoms with Crippen LogP contribution in [0.1, 0.15) is 87.0 Å². The van der Waals surface area contributed by atoms with Crippen molar-refractivity contribution in [2.75, 3.05) is 62.6 Å². The fourth-order valence-electron chi connectivity index (χ4n) is 13.6. The first-order valence-corrected chi connectivity index (χ1v) is 42.5. The van der Waals surface area contributed by atoms with Crippen molar-refractivity contribution in [1.82, 2.24) is 77.2 Å². The first-order valence-electron chi connectivity index (χ1n) is 35.0. The van der Waals surface area contributed by atoms with Gasteiger partial charge in [0.25, 0.3) is 11.1 Å². The maximum absolute atomic E-state index is 14.3. The Hall–Kier alpha value is -8.35. The standard InChI is InChI=1S/C58H75N20O34P5/c1-25-13-75(57(85)71-53(25)81)44-8-28(33(15-79)102-44)108-114(89,90)98-20-38-32(12-46(107-38)78-24-68-48-50(62)64-22-66-52(48)78)112-117(95,96)100-18-36-29(9-42(105-36)73-5-3-39(59)69-55(73)83)109-115(91,92)99-17-35-30(10-43(104-35)74-6-4-40(60)70-56(74)84)110-116(93,94)101-19-37-31(11-45(106-37)76-14-26(2)54(82)72-58(76)86)111-113(87,88)97-16-34-27(80)7-41(103-34)77-23-67-47-49(61)63-21-65-51(47)77/h3-6,13-14,21-24,27-38,41-46,79-80H,7-12,15-20H2,1-2H3,(H,87,88)(H,89,90)(H,91,92)(H,93,94)(H,95,96)(H2,59,69,83)(H2,60,70,84)(H2,61,63,65)(H2,62,64,66)(H,71,81,85)(H,72,82,86)/t27-,28-,29-,30-,31-,32-,33+,34+,35+,36+,37+,38+,41+,42+,43+,44+,45+,46+/m0/s1. The van der Waals surface area contributed by atoms with E-state index in [9.17, 15) is 86.3 Å². The second kappa shape index (κ2) is 34.0. The average molecular weight is 1750 g/mol. The summed E-state index contributed by atoms with van der Waals surface area (Å²) in [5, 5.41) is 21.1. The van der Waals surface area contributed by atoms with E-state index in [0.717, 1.165) is 43.2 Å². The number of nitrogens with two attached hydrogens (primary N) is 4. The lowest BCUT2D eigenvalue weighted by Gasteiger charge is -2.26. The SMILES string of the molecule is Cc1cn([C@H]2C[C@H](OP(=O)(O)OC[C@H]3O[C@@H](n4cnc5c(N)ncnc54)C[C@@H]3OP(=O)(O)OC[C@H]3O[C@@H](n4ccc(N)nc4=O)C[C@@H]3OP(=O)(O)OC[C@H]3O[C@@H](n4ccc(N)nc4=O)C[C@@H]3OP(=O)(O)OC[C@H]3O[C@@H](n4cc(C)c(=O)[nH]c4=O)C[C@@H]3OP(=O)(O)OC[C@H]3O[C@@H](n4cnc5c(N)ncnc54)C[C@@H]3O)[C@@H](CO)O2)c(=O)[nH]c1=O. The maximum Gasteiger partial charge on any atom is 0.472 e. The van der Waals surface area contributed by atoms with Crippen LogP contribution in [0.3, 0.4) is 0 Å². The van der Waals surface area contributed by atoms with Gasteiger partial charge in [-0.1, -0.05) is 0 Å². The Morgan fingerprint density at radius 1 is 0.427 bits per heavy atom. The van der Waals surface area contributed by atoms with Crippen molar-refractivity contribution in [2.45, 2.75) is 163 Å². The van der Waals surface area contributed by atoms with Crippen molar-refractivity contribution >= 4 is 84.7 Å². The number of hydrogen-bond donors (Lipinski definition) is 13. The van der Waals surface area contributed by atoms with Crippen LogP contribution in [0.25, 0.3) is 22.3 Å². The lowest BCUT2D eigenvalue weighted by atomic mass is 10.2. The van der Waals surface area contributed by atoms with Crippen LogP contribution in [0.5, 0.6) is 0 Å². The molecule has 6 aliphatic heterocycles. The molecule has 8 aromatic heterocycles. The molecular formula is C58H75N20O34P5. The molecule has 17 N–H and O–H groups in total. The number of nitrogens with zero attached hydrogens (tertiary/aromatic N) is 14. The number of H-pyrrole nitrogens is 2. The zero-order valence-corrected chi connectivity index (χ0v) is 65.1. The molecule has 14 heterocycles. The summed E-state index contributed by atoms with van der Waals surface area (Å²) >= 11 is 0. The van der Waals surface area contributed by atoms with Crippen LogP contribution < -0.4 is 56.8 Å². The molecule has 0 amide bonds. The molecule has 0 bridgehead atoms. The number of phosphoric ester groups is 5. The molecule has 59 heteroatoms. The predicted molar refractivity (Wildman–Crippen MR) is 385 cm³/mol. The van der Waals surface area contributed by atoms with E-state index in [1.807, 2.05) is 0 Å². The van der Waals surface area contributed by atoms with Gasteiger partial charge in [-0.25, -0.2) is 71.9 Å². The second-order valence-electron chi connectivity index (χ2n) is 27.2. The van der Waals surface area contributed by atoms with Crippen molar-refractivity contribution in [3.63, 3.8) is 0 Å². The summed E-state index contributed by atoms with van der Waals surface area (Å²) in [5.74, 6) is -0.468. The average Bonchev–Trinajstić information content (AvgIpc) is 1.65. The Kier molecular flexibility index (Phi) is 24.8. The van der Waals surface area contributed by atoms with Crippen molar-refractivity contribution in [2.24, 2.45) is 0 Å². The number of anilines is 4. The predicted octanol–water partition coefficient (Wildman–Crippen LogP) is -2.18. The molecule has 117 heavy (non-hydrogen) atoms. The Morgan fingerprint density at radius 2 is 0.726 bits per heavy atom. The fraction of sp³-hybridized carbons (Fsp3) is 0.552. The third-order valence-corrected chi connectivity index (χ3v) is 24.3. The number of fused-ring (bicyclic) bond motifs is 2. The van der Waals surface area contributed by atoms with E-state index >= 15 is 0 Å². The molecule has 0 saturated carbocycles. The lowest BCUT2D eigenvalue weighted by Crippen LogP contribution is -2.33. The summed E-state index contributed by atoms with van der Waals surface area (Å²) in [4.78, 5) is 170. The van der Waals surface area contributed by atoms with E-state index in [2.05, 4.69) is 49.8 Å². The van der Waals surface area contributed by atoms with Crippen molar-refractivity contribution < 1.29 is 131 Å². The zero-order valence-electron chi connectivity index (χ0n) is 60.6. The number of aromatic nitrogens is 16. The van der Waals surface area contributed by atoms with Crippen molar-refractivity contribution in [3.05, 3.63) is 136 Å². The van der Waals surface area contributed by atoms with Crippen LogP contribution in [0, 0.1) is 13.8 Å².